The molecule has 0 amide bonds. The summed E-state index contributed by atoms with van der Waals surface area (Å²) in [6.45, 7) is 0. The minimum atomic E-state index is -0.457. The van der Waals surface area contributed by atoms with E-state index in [0.29, 0.717) is 0 Å². The molecule has 4 nitrogen and oxygen atoms in total. The second-order valence-electron chi connectivity index (χ2n) is 4.66. The van der Waals surface area contributed by atoms with Gasteiger partial charge in [-0.2, -0.15) is 4.99 Å². The second kappa shape index (κ2) is 3.12. The average molecular weight is 239 g/mol. The van der Waals surface area contributed by atoms with Crippen molar-refractivity contribution < 1.29 is 13.6 Å². The van der Waals surface area contributed by atoms with Gasteiger partial charge in [0.2, 0.25) is 6.08 Å². The molecule has 0 bridgehead atoms. The molecule has 1 aromatic carbocycles. The van der Waals surface area contributed by atoms with Crippen LogP contribution in [0.25, 0.3) is 21.9 Å². The van der Waals surface area contributed by atoms with Gasteiger partial charge in [-0.1, -0.05) is 0 Å². The maximum atomic E-state index is 10.6. The Hall–Kier alpha value is -2.32. The number of fused-ring (bicyclic) bond motifs is 2. The van der Waals surface area contributed by atoms with Crippen molar-refractivity contribution in [1.82, 2.24) is 0 Å². The summed E-state index contributed by atoms with van der Waals surface area (Å²) in [7, 11) is 0. The Bertz CT molecular complexity index is 752. The Balaban J connectivity index is 2.19. The molecular formula is C14H9NO3. The summed E-state index contributed by atoms with van der Waals surface area (Å²) in [6.07, 6.45) is 6.68. The molecule has 4 heteroatoms. The molecule has 2 aromatic heterocycles. The van der Waals surface area contributed by atoms with Gasteiger partial charge in [0.15, 0.2) is 0 Å². The molecule has 4 rings (SSSR count). The number of nitrogens with zero attached hydrogens (tertiary/aromatic N) is 1. The van der Waals surface area contributed by atoms with Gasteiger partial charge in [-0.25, -0.2) is 4.79 Å². The lowest BCUT2D eigenvalue weighted by molar-refractivity contribution is 0.555. The Morgan fingerprint density at radius 1 is 1.22 bits per heavy atom. The molecule has 2 heterocycles. The summed E-state index contributed by atoms with van der Waals surface area (Å²) < 4.78 is 11.0. The number of rotatable bonds is 2. The molecule has 88 valence electrons. The topological polar surface area (TPSA) is 55.7 Å². The van der Waals surface area contributed by atoms with Gasteiger partial charge in [0.25, 0.3) is 0 Å². The fourth-order valence-corrected chi connectivity index (χ4v) is 2.62. The highest BCUT2D eigenvalue weighted by Gasteiger charge is 2.48. The second-order valence-corrected chi connectivity index (χ2v) is 4.66. The van der Waals surface area contributed by atoms with E-state index in [1.54, 1.807) is 18.6 Å². The number of hydrogen-bond acceptors (Lipinski definition) is 4. The van der Waals surface area contributed by atoms with Crippen LogP contribution in [-0.2, 0) is 10.3 Å². The molecule has 18 heavy (non-hydrogen) atoms. The van der Waals surface area contributed by atoms with Crippen molar-refractivity contribution in [1.29, 1.82) is 0 Å². The lowest BCUT2D eigenvalue weighted by atomic mass is 9.99. The molecule has 3 aromatic rings. The maximum Gasteiger partial charge on any atom is 0.235 e. The summed E-state index contributed by atoms with van der Waals surface area (Å²) in [5.74, 6) is 0. The van der Waals surface area contributed by atoms with E-state index in [1.165, 1.54) is 0 Å². The van der Waals surface area contributed by atoms with Crippen molar-refractivity contribution in [2.45, 2.75) is 18.4 Å². The molecule has 0 radical (unpaired) electrons. The molecule has 1 fully saturated rings. The quantitative estimate of drug-likeness (QED) is 0.508. The minimum Gasteiger partial charge on any atom is -0.464 e. The van der Waals surface area contributed by atoms with Gasteiger partial charge >= 0.3 is 0 Å². The lowest BCUT2D eigenvalue weighted by Crippen LogP contribution is -2.03. The summed E-state index contributed by atoms with van der Waals surface area (Å²) in [4.78, 5) is 14.6. The number of isocyanates is 1. The Labute approximate surface area is 102 Å². The van der Waals surface area contributed by atoms with E-state index in [9.17, 15) is 4.79 Å². The number of furan rings is 2. The van der Waals surface area contributed by atoms with Gasteiger partial charge in [0.05, 0.1) is 12.5 Å². The Kier molecular flexibility index (Phi) is 1.68. The number of benzene rings is 1. The van der Waals surface area contributed by atoms with E-state index < -0.39 is 5.54 Å². The first kappa shape index (κ1) is 9.68. The zero-order valence-electron chi connectivity index (χ0n) is 9.47. The summed E-state index contributed by atoms with van der Waals surface area (Å²) in [5, 5.41) is 1.94. The smallest absolute Gasteiger partial charge is 0.235 e. The van der Waals surface area contributed by atoms with Crippen molar-refractivity contribution in [3.8, 4) is 0 Å². The zero-order chi connectivity index (χ0) is 12.2. The van der Waals surface area contributed by atoms with E-state index in [4.69, 9.17) is 8.83 Å². The van der Waals surface area contributed by atoms with Crippen LogP contribution >= 0.6 is 0 Å². The van der Waals surface area contributed by atoms with Gasteiger partial charge < -0.3 is 8.83 Å². The highest BCUT2D eigenvalue weighted by molar-refractivity contribution is 5.99. The number of hydrogen-bond donors (Lipinski definition) is 0. The van der Waals surface area contributed by atoms with Crippen LogP contribution in [0.2, 0.25) is 0 Å². The van der Waals surface area contributed by atoms with Crippen LogP contribution in [0, 0.1) is 0 Å². The van der Waals surface area contributed by atoms with Crippen molar-refractivity contribution >= 4 is 28.0 Å². The molecule has 1 aliphatic rings. The first-order chi connectivity index (χ1) is 8.84. The predicted octanol–water partition coefficient (Wildman–Crippen LogP) is 3.50. The van der Waals surface area contributed by atoms with E-state index in [0.717, 1.165) is 40.3 Å². The van der Waals surface area contributed by atoms with Crippen LogP contribution < -0.4 is 0 Å². The SMILES string of the molecule is O=C=NC1(c2c3ccoc3cc3ccoc23)CC1. The maximum absolute atomic E-state index is 10.6. The van der Waals surface area contributed by atoms with Gasteiger partial charge in [-0.15, -0.1) is 0 Å². The number of carbonyl (C=O) groups excluding carboxylic acids is 1. The monoisotopic (exact) mass is 239 g/mol. The third kappa shape index (κ3) is 1.10. The first-order valence-corrected chi connectivity index (χ1v) is 5.81. The largest absolute Gasteiger partial charge is 0.464 e. The zero-order valence-corrected chi connectivity index (χ0v) is 9.47. The Morgan fingerprint density at radius 2 is 2.06 bits per heavy atom. The Morgan fingerprint density at radius 3 is 2.83 bits per heavy atom. The van der Waals surface area contributed by atoms with E-state index >= 15 is 0 Å². The predicted molar refractivity (Wildman–Crippen MR) is 65.0 cm³/mol. The molecule has 0 spiro atoms. The van der Waals surface area contributed by atoms with E-state index in [-0.39, 0.29) is 0 Å². The van der Waals surface area contributed by atoms with Gasteiger partial charge in [0, 0.05) is 16.3 Å². The highest BCUT2D eigenvalue weighted by atomic mass is 16.3. The minimum absolute atomic E-state index is 0.457. The molecule has 0 atom stereocenters. The average Bonchev–Trinajstić information content (AvgIpc) is 2.81. The first-order valence-electron chi connectivity index (χ1n) is 5.81. The van der Waals surface area contributed by atoms with Gasteiger partial charge in [-0.05, 0) is 31.0 Å². The fourth-order valence-electron chi connectivity index (χ4n) is 2.62. The van der Waals surface area contributed by atoms with Crippen LogP contribution in [0.3, 0.4) is 0 Å². The van der Waals surface area contributed by atoms with Gasteiger partial charge in [0.1, 0.15) is 16.7 Å². The fraction of sp³-hybridized carbons (Fsp3) is 0.214. The molecular weight excluding hydrogens is 230 g/mol. The van der Waals surface area contributed by atoms with Crippen molar-refractivity contribution in [2.24, 2.45) is 4.99 Å². The number of aliphatic imine (C=N–C) groups is 1. The van der Waals surface area contributed by atoms with E-state index in [2.05, 4.69) is 4.99 Å². The van der Waals surface area contributed by atoms with Crippen molar-refractivity contribution in [2.75, 3.05) is 0 Å². The molecule has 0 N–H and O–H groups in total. The van der Waals surface area contributed by atoms with Crippen molar-refractivity contribution in [3.63, 3.8) is 0 Å². The van der Waals surface area contributed by atoms with Crippen LogP contribution in [0.5, 0.6) is 0 Å². The lowest BCUT2D eigenvalue weighted by Gasteiger charge is -2.10. The van der Waals surface area contributed by atoms with Crippen molar-refractivity contribution in [3.05, 3.63) is 36.3 Å². The highest BCUT2D eigenvalue weighted by Crippen LogP contribution is 2.53. The summed E-state index contributed by atoms with van der Waals surface area (Å²) in [6, 6.07) is 5.73. The van der Waals surface area contributed by atoms with Crippen LogP contribution in [-0.4, -0.2) is 6.08 Å². The summed E-state index contributed by atoms with van der Waals surface area (Å²) >= 11 is 0. The molecule has 0 saturated heterocycles. The van der Waals surface area contributed by atoms with Crippen LogP contribution in [0.15, 0.2) is 44.6 Å². The molecule has 0 unspecified atom stereocenters. The standard InChI is InChI=1S/C14H9NO3/c16-8-15-14(3-4-14)12-10-2-6-17-11(10)7-9-1-5-18-13(9)12/h1-2,5-7H,3-4H2. The van der Waals surface area contributed by atoms with Gasteiger partial charge in [-0.3, -0.25) is 0 Å². The molecule has 1 aliphatic carbocycles. The third-order valence-corrected chi connectivity index (χ3v) is 3.62. The third-order valence-electron chi connectivity index (χ3n) is 3.62. The molecule has 1 saturated carbocycles. The summed E-state index contributed by atoms with van der Waals surface area (Å²) in [5.41, 5.74) is 2.09. The van der Waals surface area contributed by atoms with Crippen LogP contribution in [0.4, 0.5) is 0 Å². The molecule has 0 aliphatic heterocycles. The van der Waals surface area contributed by atoms with Crippen LogP contribution in [0.1, 0.15) is 18.4 Å². The van der Waals surface area contributed by atoms with E-state index in [1.807, 2.05) is 18.2 Å². The normalized spacial score (nSPS) is 16.9.